The highest BCUT2D eigenvalue weighted by molar-refractivity contribution is 8.17. The van der Waals surface area contributed by atoms with Gasteiger partial charge in [0.05, 0.1) is 0 Å². The lowest BCUT2D eigenvalue weighted by Crippen LogP contribution is -2.04. The molecule has 5 aromatic carbocycles. The molecule has 206 valence electrons. The second kappa shape index (κ2) is 11.7. The topological polar surface area (TPSA) is 37.3 Å². The quantitative estimate of drug-likeness (QED) is 0.147. The fraction of sp³-hybridized carbons (Fsp3) is 0.162. The Kier molecular flexibility index (Phi) is 7.81. The van der Waals surface area contributed by atoms with Crippen LogP contribution in [0.25, 0.3) is 20.2 Å². The van der Waals surface area contributed by atoms with Gasteiger partial charge in [0.1, 0.15) is 6.10 Å². The van der Waals surface area contributed by atoms with Crippen LogP contribution in [-0.2, 0) is 12.8 Å². The zero-order valence-corrected chi connectivity index (χ0v) is 25.3. The lowest BCUT2D eigenvalue weighted by molar-refractivity contribution is 0.220. The third-order valence-corrected chi connectivity index (χ3v) is 11.5. The number of aryl methyl sites for hydroxylation is 3. The predicted octanol–water partition coefficient (Wildman–Crippen LogP) is 9.41. The summed E-state index contributed by atoms with van der Waals surface area (Å²) < 4.78 is 2.15. The van der Waals surface area contributed by atoms with Crippen molar-refractivity contribution in [2.24, 2.45) is 0 Å². The molecule has 2 unspecified atom stereocenters. The first kappa shape index (κ1) is 27.5. The minimum absolute atomic E-state index is 0.126. The number of aliphatic hydroxyl groups is 1. The summed E-state index contributed by atoms with van der Waals surface area (Å²) in [6, 6.07) is 37.7. The molecule has 0 aliphatic rings. The maximum absolute atomic E-state index is 14.0. The molecule has 0 amide bonds. The average Bonchev–Trinajstić information content (AvgIpc) is 3.02. The standard InChI is InChI=1S/C37H34O2S2/c1-4-25-21-26(5-2)37-33(22-25)36(39)32-23-31(19-20-34(32)40-37)41(29-15-11-24(3)12-16-29)30-17-13-28(14-18-30)35(38)27-9-7-6-8-10-27/h6-23,35,38,41H,4-5H2,1-3H3. The third-order valence-electron chi connectivity index (χ3n) is 7.81. The Morgan fingerprint density at radius 2 is 1.34 bits per heavy atom. The van der Waals surface area contributed by atoms with Gasteiger partial charge in [-0.05, 0) is 105 Å². The summed E-state index contributed by atoms with van der Waals surface area (Å²) in [5, 5.41) is 12.6. The van der Waals surface area contributed by atoms with E-state index in [1.807, 2.05) is 42.5 Å². The fourth-order valence-electron chi connectivity index (χ4n) is 5.46. The number of benzene rings is 5. The van der Waals surface area contributed by atoms with Crippen LogP contribution < -0.4 is 5.43 Å². The van der Waals surface area contributed by atoms with Crippen LogP contribution in [-0.4, -0.2) is 5.11 Å². The molecule has 0 radical (unpaired) electrons. The van der Waals surface area contributed by atoms with Gasteiger partial charge in [0, 0.05) is 20.2 Å². The van der Waals surface area contributed by atoms with Crippen molar-refractivity contribution in [3.8, 4) is 0 Å². The van der Waals surface area contributed by atoms with E-state index in [9.17, 15) is 9.90 Å². The van der Waals surface area contributed by atoms with Crippen LogP contribution in [0.5, 0.6) is 0 Å². The smallest absolute Gasteiger partial charge is 0.195 e. The van der Waals surface area contributed by atoms with Crippen molar-refractivity contribution in [1.82, 2.24) is 0 Å². The first-order chi connectivity index (χ1) is 20.0. The van der Waals surface area contributed by atoms with E-state index in [0.717, 1.165) is 49.0 Å². The van der Waals surface area contributed by atoms with Gasteiger partial charge in [-0.3, -0.25) is 4.79 Å². The molecular weight excluding hydrogens is 541 g/mol. The van der Waals surface area contributed by atoms with E-state index in [4.69, 9.17) is 0 Å². The molecule has 6 aromatic rings. The van der Waals surface area contributed by atoms with Gasteiger partial charge in [0.2, 0.25) is 0 Å². The second-order valence-electron chi connectivity index (χ2n) is 10.5. The Morgan fingerprint density at radius 3 is 2.00 bits per heavy atom. The molecule has 6 rings (SSSR count). The van der Waals surface area contributed by atoms with Crippen molar-refractivity contribution < 1.29 is 5.11 Å². The van der Waals surface area contributed by atoms with Gasteiger partial charge in [0.15, 0.2) is 5.43 Å². The molecule has 1 N–H and O–H groups in total. The summed E-state index contributed by atoms with van der Waals surface area (Å²) in [4.78, 5) is 17.5. The Morgan fingerprint density at radius 1 is 0.707 bits per heavy atom. The molecule has 41 heavy (non-hydrogen) atoms. The van der Waals surface area contributed by atoms with E-state index in [1.165, 1.54) is 26.5 Å². The van der Waals surface area contributed by atoms with Gasteiger partial charge in [0.25, 0.3) is 0 Å². The Labute approximate surface area is 248 Å². The van der Waals surface area contributed by atoms with Crippen LogP contribution in [0.15, 0.2) is 129 Å². The molecule has 1 aromatic heterocycles. The maximum Gasteiger partial charge on any atom is 0.195 e. The minimum atomic E-state index is -0.908. The highest BCUT2D eigenvalue weighted by Gasteiger charge is 2.18. The van der Waals surface area contributed by atoms with Crippen LogP contribution in [0, 0.1) is 6.92 Å². The van der Waals surface area contributed by atoms with E-state index >= 15 is 0 Å². The largest absolute Gasteiger partial charge is 0.384 e. The van der Waals surface area contributed by atoms with E-state index < -0.39 is 17.0 Å². The summed E-state index contributed by atoms with van der Waals surface area (Å²) >= 11 is 1.73. The van der Waals surface area contributed by atoms with Crippen LogP contribution in [0.3, 0.4) is 0 Å². The monoisotopic (exact) mass is 574 g/mol. The molecule has 0 aliphatic heterocycles. The van der Waals surface area contributed by atoms with Gasteiger partial charge in [-0.25, -0.2) is 0 Å². The SMILES string of the molecule is CCc1cc(CC)c2sc3ccc([SH](c4ccc(C)cc4)c4ccc(C(O)c5ccccc5)cc4)cc3c(=O)c2c1. The van der Waals surface area contributed by atoms with E-state index in [0.29, 0.717) is 0 Å². The Hall–Kier alpha value is -3.70. The predicted molar refractivity (Wildman–Crippen MR) is 176 cm³/mol. The van der Waals surface area contributed by atoms with E-state index in [2.05, 4.69) is 87.5 Å². The van der Waals surface area contributed by atoms with Crippen molar-refractivity contribution in [3.63, 3.8) is 0 Å². The number of hydrogen-bond acceptors (Lipinski definition) is 3. The number of rotatable bonds is 7. The van der Waals surface area contributed by atoms with Crippen LogP contribution in [0.1, 0.15) is 47.8 Å². The molecule has 0 fully saturated rings. The molecule has 2 nitrogen and oxygen atoms in total. The number of hydrogen-bond donors (Lipinski definition) is 2. The van der Waals surface area contributed by atoms with Crippen molar-refractivity contribution in [2.75, 3.05) is 0 Å². The fourth-order valence-corrected chi connectivity index (χ4v) is 8.95. The van der Waals surface area contributed by atoms with Crippen LogP contribution >= 0.6 is 22.2 Å². The normalized spacial score (nSPS) is 13.4. The average molecular weight is 575 g/mol. The molecule has 0 bridgehead atoms. The number of aliphatic hydroxyl groups excluding tert-OH is 1. The Bertz CT molecular complexity index is 1890. The molecule has 0 saturated heterocycles. The van der Waals surface area contributed by atoms with Crippen molar-refractivity contribution in [2.45, 2.75) is 54.4 Å². The third kappa shape index (κ3) is 5.36. The van der Waals surface area contributed by atoms with E-state index in [1.54, 1.807) is 11.3 Å². The second-order valence-corrected chi connectivity index (χ2v) is 13.8. The summed E-state index contributed by atoms with van der Waals surface area (Å²) in [5.74, 6) is 0. The molecule has 0 saturated carbocycles. The first-order valence-corrected chi connectivity index (χ1v) is 16.3. The highest BCUT2D eigenvalue weighted by atomic mass is 32.2. The summed E-state index contributed by atoms with van der Waals surface area (Å²) in [6.07, 6.45) is 1.16. The van der Waals surface area contributed by atoms with Crippen LogP contribution in [0.4, 0.5) is 0 Å². The number of fused-ring (bicyclic) bond motifs is 2. The lowest BCUT2D eigenvalue weighted by Gasteiger charge is -2.24. The van der Waals surface area contributed by atoms with E-state index in [-0.39, 0.29) is 5.43 Å². The zero-order chi connectivity index (χ0) is 28.5. The molecule has 0 spiro atoms. The molecule has 4 heteroatoms. The van der Waals surface area contributed by atoms with Crippen LogP contribution in [0.2, 0.25) is 0 Å². The highest BCUT2D eigenvalue weighted by Crippen LogP contribution is 2.52. The van der Waals surface area contributed by atoms with Gasteiger partial charge >= 0.3 is 0 Å². The summed E-state index contributed by atoms with van der Waals surface area (Å²) in [5.41, 5.74) is 5.56. The molecule has 1 heterocycles. The zero-order valence-electron chi connectivity index (χ0n) is 23.6. The van der Waals surface area contributed by atoms with Gasteiger partial charge < -0.3 is 5.11 Å². The first-order valence-electron chi connectivity index (χ1n) is 14.2. The van der Waals surface area contributed by atoms with Crippen molar-refractivity contribution in [1.29, 1.82) is 0 Å². The number of thiol groups is 1. The van der Waals surface area contributed by atoms with Crippen molar-refractivity contribution >= 4 is 42.4 Å². The molecule has 2 atom stereocenters. The minimum Gasteiger partial charge on any atom is -0.384 e. The van der Waals surface area contributed by atoms with Gasteiger partial charge in [-0.1, -0.05) is 80.1 Å². The summed E-state index contributed by atoms with van der Waals surface area (Å²) in [6.45, 7) is 6.41. The molecular formula is C37H34O2S2. The Balaban J connectivity index is 1.49. The van der Waals surface area contributed by atoms with Gasteiger partial charge in [-0.15, -0.1) is 11.3 Å². The maximum atomic E-state index is 14.0. The van der Waals surface area contributed by atoms with Gasteiger partial charge in [-0.2, -0.15) is 10.9 Å². The summed E-state index contributed by atoms with van der Waals surface area (Å²) in [7, 11) is -0.908. The van der Waals surface area contributed by atoms with Crippen molar-refractivity contribution in [3.05, 3.63) is 147 Å². The lowest BCUT2D eigenvalue weighted by atomic mass is 10.0. The molecule has 0 aliphatic carbocycles.